The lowest BCUT2D eigenvalue weighted by atomic mass is 10.2. The van der Waals surface area contributed by atoms with Crippen molar-refractivity contribution < 1.29 is 27.8 Å². The molecular weight excluding hydrogens is 201 g/mol. The van der Waals surface area contributed by atoms with Crippen LogP contribution in [0.15, 0.2) is 6.07 Å². The molecular formula is C8H5F3O3. The lowest BCUT2D eigenvalue weighted by Gasteiger charge is -2.04. The fourth-order valence-corrected chi connectivity index (χ4v) is 0.869. The van der Waals surface area contributed by atoms with Crippen LogP contribution >= 0.6 is 0 Å². The van der Waals surface area contributed by atoms with Crippen LogP contribution in [0.4, 0.5) is 13.2 Å². The maximum Gasteiger partial charge on any atom is 0.344 e. The maximum absolute atomic E-state index is 12.9. The minimum absolute atomic E-state index is 0.199. The number of esters is 1. The van der Waals surface area contributed by atoms with E-state index in [1.165, 1.54) is 0 Å². The number of aromatic hydroxyl groups is 1. The highest BCUT2D eigenvalue weighted by atomic mass is 19.1. The monoisotopic (exact) mass is 206 g/mol. The Hall–Kier alpha value is -1.72. The number of halogens is 3. The molecule has 14 heavy (non-hydrogen) atoms. The zero-order chi connectivity index (χ0) is 10.9. The van der Waals surface area contributed by atoms with Crippen molar-refractivity contribution in [3.63, 3.8) is 0 Å². The molecule has 0 atom stereocenters. The predicted octanol–water partition coefficient (Wildman–Crippen LogP) is 1.60. The van der Waals surface area contributed by atoms with E-state index in [2.05, 4.69) is 4.74 Å². The lowest BCUT2D eigenvalue weighted by molar-refractivity contribution is 0.0588. The summed E-state index contributed by atoms with van der Waals surface area (Å²) in [5, 5.41) is 8.73. The van der Waals surface area contributed by atoms with Crippen LogP contribution in [0, 0.1) is 17.5 Å². The topological polar surface area (TPSA) is 46.5 Å². The summed E-state index contributed by atoms with van der Waals surface area (Å²) in [6.45, 7) is 0. The van der Waals surface area contributed by atoms with Gasteiger partial charge in [0, 0.05) is 6.07 Å². The first-order chi connectivity index (χ1) is 6.49. The summed E-state index contributed by atoms with van der Waals surface area (Å²) in [6.07, 6.45) is 0. The number of ether oxygens (including phenoxy) is 1. The summed E-state index contributed by atoms with van der Waals surface area (Å²) in [5.41, 5.74) is -1.12. The zero-order valence-corrected chi connectivity index (χ0v) is 6.97. The number of hydrogen-bond donors (Lipinski definition) is 1. The van der Waals surface area contributed by atoms with Crippen molar-refractivity contribution in [1.29, 1.82) is 0 Å². The number of carbonyl (C=O) groups excluding carboxylic acids is 1. The molecule has 0 heterocycles. The minimum Gasteiger partial charge on any atom is -0.503 e. The van der Waals surface area contributed by atoms with Gasteiger partial charge in [0.05, 0.1) is 7.11 Å². The molecule has 0 spiro atoms. The van der Waals surface area contributed by atoms with Gasteiger partial charge in [-0.25, -0.2) is 18.0 Å². The second kappa shape index (κ2) is 3.57. The van der Waals surface area contributed by atoms with Crippen molar-refractivity contribution in [3.8, 4) is 5.75 Å². The van der Waals surface area contributed by atoms with Crippen molar-refractivity contribution >= 4 is 5.97 Å². The molecule has 0 aliphatic rings. The number of benzene rings is 1. The fourth-order valence-electron chi connectivity index (χ4n) is 0.869. The van der Waals surface area contributed by atoms with Crippen LogP contribution in [-0.4, -0.2) is 18.2 Å². The van der Waals surface area contributed by atoms with Crippen molar-refractivity contribution in [2.45, 2.75) is 0 Å². The molecule has 0 radical (unpaired) electrons. The summed E-state index contributed by atoms with van der Waals surface area (Å²) in [7, 11) is 0.904. The highest BCUT2D eigenvalue weighted by molar-refractivity contribution is 5.90. The number of phenols is 1. The van der Waals surface area contributed by atoms with Gasteiger partial charge >= 0.3 is 5.97 Å². The molecule has 0 saturated heterocycles. The third kappa shape index (κ3) is 1.50. The molecule has 1 N–H and O–H groups in total. The third-order valence-corrected chi connectivity index (χ3v) is 1.54. The quantitative estimate of drug-likeness (QED) is 0.710. The van der Waals surface area contributed by atoms with Crippen LogP contribution in [-0.2, 0) is 4.74 Å². The Bertz CT molecular complexity index is 390. The second-order valence-electron chi connectivity index (χ2n) is 2.37. The molecule has 0 bridgehead atoms. The van der Waals surface area contributed by atoms with Gasteiger partial charge in [-0.2, -0.15) is 0 Å². The lowest BCUT2D eigenvalue weighted by Crippen LogP contribution is -2.08. The molecule has 0 aliphatic heterocycles. The Morgan fingerprint density at radius 2 is 1.93 bits per heavy atom. The summed E-state index contributed by atoms with van der Waals surface area (Å²) >= 11 is 0. The highest BCUT2D eigenvalue weighted by Gasteiger charge is 2.24. The Morgan fingerprint density at radius 3 is 2.43 bits per heavy atom. The summed E-state index contributed by atoms with van der Waals surface area (Å²) < 4.78 is 42.3. The van der Waals surface area contributed by atoms with Gasteiger partial charge in [-0.1, -0.05) is 0 Å². The van der Waals surface area contributed by atoms with E-state index < -0.39 is 34.7 Å². The summed E-state index contributed by atoms with van der Waals surface area (Å²) in [6, 6.07) is 0.199. The molecule has 0 aliphatic carbocycles. The van der Waals surface area contributed by atoms with Crippen LogP contribution in [0.1, 0.15) is 10.4 Å². The predicted molar refractivity (Wildman–Crippen MR) is 39.3 cm³/mol. The number of phenolic OH excluding ortho intramolecular Hbond substituents is 1. The largest absolute Gasteiger partial charge is 0.503 e. The average Bonchev–Trinajstić information content (AvgIpc) is 2.14. The molecule has 3 nitrogen and oxygen atoms in total. The first-order valence-electron chi connectivity index (χ1n) is 3.43. The molecule has 0 saturated carbocycles. The van der Waals surface area contributed by atoms with Crippen molar-refractivity contribution in [1.82, 2.24) is 0 Å². The molecule has 0 fully saturated rings. The van der Waals surface area contributed by atoms with Crippen LogP contribution < -0.4 is 0 Å². The van der Waals surface area contributed by atoms with Crippen LogP contribution in [0.5, 0.6) is 5.75 Å². The average molecular weight is 206 g/mol. The number of methoxy groups -OCH3 is 1. The molecule has 0 amide bonds. The Labute approximate surface area is 76.7 Å². The maximum atomic E-state index is 12.9. The zero-order valence-electron chi connectivity index (χ0n) is 6.97. The SMILES string of the molecule is COC(=O)c1c(F)cc(F)c(O)c1F. The number of carbonyl (C=O) groups is 1. The highest BCUT2D eigenvalue weighted by Crippen LogP contribution is 2.25. The van der Waals surface area contributed by atoms with E-state index in [0.717, 1.165) is 7.11 Å². The molecule has 1 aromatic carbocycles. The van der Waals surface area contributed by atoms with Gasteiger partial charge in [0.1, 0.15) is 11.4 Å². The van der Waals surface area contributed by atoms with Gasteiger partial charge in [0.15, 0.2) is 17.4 Å². The molecule has 0 aromatic heterocycles. The minimum atomic E-state index is -1.67. The van der Waals surface area contributed by atoms with Gasteiger partial charge in [-0.15, -0.1) is 0 Å². The summed E-state index contributed by atoms with van der Waals surface area (Å²) in [4.78, 5) is 10.8. The fraction of sp³-hybridized carbons (Fsp3) is 0.125. The summed E-state index contributed by atoms with van der Waals surface area (Å²) in [5.74, 6) is -7.31. The first-order valence-corrected chi connectivity index (χ1v) is 3.43. The number of hydrogen-bond acceptors (Lipinski definition) is 3. The van der Waals surface area contributed by atoms with Crippen molar-refractivity contribution in [3.05, 3.63) is 29.1 Å². The molecule has 1 aromatic rings. The van der Waals surface area contributed by atoms with E-state index in [0.29, 0.717) is 0 Å². The first kappa shape index (κ1) is 10.4. The van der Waals surface area contributed by atoms with Gasteiger partial charge in [0.25, 0.3) is 0 Å². The Balaban J connectivity index is 3.44. The van der Waals surface area contributed by atoms with Gasteiger partial charge < -0.3 is 9.84 Å². The van der Waals surface area contributed by atoms with E-state index in [-0.39, 0.29) is 6.07 Å². The van der Waals surface area contributed by atoms with Crippen molar-refractivity contribution in [2.75, 3.05) is 7.11 Å². The Kier molecular flexibility index (Phi) is 2.64. The van der Waals surface area contributed by atoms with Gasteiger partial charge in [-0.05, 0) is 0 Å². The normalized spacial score (nSPS) is 10.0. The van der Waals surface area contributed by atoms with Crippen molar-refractivity contribution in [2.24, 2.45) is 0 Å². The van der Waals surface area contributed by atoms with E-state index in [4.69, 9.17) is 5.11 Å². The molecule has 1 rings (SSSR count). The van der Waals surface area contributed by atoms with E-state index in [1.54, 1.807) is 0 Å². The number of rotatable bonds is 1. The Morgan fingerprint density at radius 1 is 1.36 bits per heavy atom. The van der Waals surface area contributed by atoms with E-state index in [1.807, 2.05) is 0 Å². The smallest absolute Gasteiger partial charge is 0.344 e. The van der Waals surface area contributed by atoms with Gasteiger partial charge in [0.2, 0.25) is 0 Å². The van der Waals surface area contributed by atoms with Crippen LogP contribution in [0.25, 0.3) is 0 Å². The third-order valence-electron chi connectivity index (χ3n) is 1.54. The van der Waals surface area contributed by atoms with E-state index >= 15 is 0 Å². The van der Waals surface area contributed by atoms with Crippen LogP contribution in [0.2, 0.25) is 0 Å². The van der Waals surface area contributed by atoms with Crippen LogP contribution in [0.3, 0.4) is 0 Å². The molecule has 76 valence electrons. The standard InChI is InChI=1S/C8H5F3O3/c1-14-8(13)5-3(9)2-4(10)7(12)6(5)11/h2,12H,1H3. The van der Waals surface area contributed by atoms with Gasteiger partial charge in [-0.3, -0.25) is 0 Å². The van der Waals surface area contributed by atoms with E-state index in [9.17, 15) is 18.0 Å². The molecule has 0 unspecified atom stereocenters. The molecule has 6 heteroatoms. The second-order valence-corrected chi connectivity index (χ2v) is 2.37.